The molecule has 0 radical (unpaired) electrons. The summed E-state index contributed by atoms with van der Waals surface area (Å²) < 4.78 is 11.6. The van der Waals surface area contributed by atoms with Crippen molar-refractivity contribution in [2.24, 2.45) is 22.2 Å². The van der Waals surface area contributed by atoms with Crippen molar-refractivity contribution in [2.75, 3.05) is 33.5 Å². The Hall–Kier alpha value is -3.65. The number of aliphatic hydroxyl groups is 1. The van der Waals surface area contributed by atoms with E-state index in [9.17, 15) is 29.1 Å². The van der Waals surface area contributed by atoms with Crippen LogP contribution in [0.25, 0.3) is 0 Å². The number of carbonyl (C=O) groups excluding carboxylic acids is 5. The summed E-state index contributed by atoms with van der Waals surface area (Å²) in [6, 6.07) is 3.54. The molecule has 9 atom stereocenters. The number of likely N-dealkylation sites (N-methyl/N-ethyl adjacent to an activating group) is 2. The van der Waals surface area contributed by atoms with Crippen molar-refractivity contribution in [2.45, 2.75) is 149 Å². The van der Waals surface area contributed by atoms with E-state index in [0.717, 1.165) is 10.6 Å². The molecule has 13 nitrogen and oxygen atoms in total. The van der Waals surface area contributed by atoms with E-state index in [4.69, 9.17) is 14.5 Å². The van der Waals surface area contributed by atoms with Crippen LogP contribution in [0.1, 0.15) is 105 Å². The Morgan fingerprint density at radius 1 is 1.00 bits per heavy atom. The first kappa shape index (κ1) is 46.0. The monoisotopic (exact) mass is 813 g/mol. The van der Waals surface area contributed by atoms with Crippen LogP contribution in [0.3, 0.4) is 0 Å². The van der Waals surface area contributed by atoms with E-state index in [-0.39, 0.29) is 42.5 Å². The number of methoxy groups -OCH3 is 1. The number of ether oxygens (including phenoxy) is 2. The Labute approximate surface area is 344 Å². The summed E-state index contributed by atoms with van der Waals surface area (Å²) in [5, 5.41) is 14.9. The van der Waals surface area contributed by atoms with Crippen LogP contribution in [0.15, 0.2) is 29.3 Å². The molecule has 3 heterocycles. The summed E-state index contributed by atoms with van der Waals surface area (Å²) >= 11 is 1.59. The average molecular weight is 814 g/mol. The van der Waals surface area contributed by atoms with E-state index in [2.05, 4.69) is 5.32 Å². The van der Waals surface area contributed by atoms with Crippen molar-refractivity contribution in [3.05, 3.63) is 29.8 Å². The predicted molar refractivity (Wildman–Crippen MR) is 223 cm³/mol. The van der Waals surface area contributed by atoms with Crippen LogP contribution in [-0.4, -0.2) is 130 Å². The highest BCUT2D eigenvalue weighted by Crippen LogP contribution is 2.33. The van der Waals surface area contributed by atoms with Gasteiger partial charge in [0.15, 0.2) is 0 Å². The quantitative estimate of drug-likeness (QED) is 0.396. The van der Waals surface area contributed by atoms with Crippen LogP contribution in [-0.2, 0) is 35.1 Å². The third kappa shape index (κ3) is 12.2. The number of thioether (sulfide) groups is 1. The maximum atomic E-state index is 14.5. The Balaban J connectivity index is 1.67. The van der Waals surface area contributed by atoms with Gasteiger partial charge in [0.25, 0.3) is 0 Å². The minimum absolute atomic E-state index is 0.0300. The number of aliphatic hydroxyl groups excluding tert-OH is 1. The van der Waals surface area contributed by atoms with Gasteiger partial charge in [-0.2, -0.15) is 0 Å². The number of esters is 1. The number of nitrogens with one attached hydrogen (secondary N) is 1. The molecule has 1 fully saturated rings. The third-order valence-corrected chi connectivity index (χ3v) is 13.1. The van der Waals surface area contributed by atoms with Gasteiger partial charge in [-0.15, -0.1) is 11.8 Å². The zero-order valence-electron chi connectivity index (χ0n) is 35.8. The zero-order chi connectivity index (χ0) is 42.2. The van der Waals surface area contributed by atoms with Crippen LogP contribution < -0.4 is 10.1 Å². The summed E-state index contributed by atoms with van der Waals surface area (Å²) in [5.41, 5.74) is 0.406. The molecule has 3 aliphatic rings. The van der Waals surface area contributed by atoms with Crippen molar-refractivity contribution < 1.29 is 38.6 Å². The Bertz CT molecular complexity index is 1600. The highest BCUT2D eigenvalue weighted by Gasteiger charge is 2.44. The number of fused-ring (bicyclic) bond motifs is 2. The van der Waals surface area contributed by atoms with Crippen molar-refractivity contribution in [1.29, 1.82) is 0 Å². The fourth-order valence-electron chi connectivity index (χ4n) is 7.99. The summed E-state index contributed by atoms with van der Waals surface area (Å²) in [6.07, 6.45) is 2.85. The van der Waals surface area contributed by atoms with E-state index < -0.39 is 59.6 Å². The molecule has 0 spiro atoms. The summed E-state index contributed by atoms with van der Waals surface area (Å²) in [7, 11) is 4.69. The van der Waals surface area contributed by atoms with Crippen LogP contribution in [0, 0.1) is 17.3 Å². The number of carbonyl (C=O) groups is 5. The molecule has 1 aromatic carbocycles. The van der Waals surface area contributed by atoms with Crippen molar-refractivity contribution in [3.63, 3.8) is 0 Å². The molecule has 14 heteroatoms. The number of rotatable bonds is 5. The lowest BCUT2D eigenvalue weighted by Crippen LogP contribution is -2.59. The van der Waals surface area contributed by atoms with Crippen molar-refractivity contribution >= 4 is 46.4 Å². The number of hydrogen-bond acceptors (Lipinski definition) is 10. The molecule has 3 aliphatic heterocycles. The molecule has 2 bridgehead atoms. The van der Waals surface area contributed by atoms with E-state index in [1.807, 2.05) is 53.7 Å². The smallest absolute Gasteiger partial charge is 0.329 e. The van der Waals surface area contributed by atoms with Gasteiger partial charge >= 0.3 is 5.97 Å². The molecule has 1 saturated heterocycles. The van der Waals surface area contributed by atoms with Crippen molar-refractivity contribution in [1.82, 2.24) is 20.0 Å². The maximum absolute atomic E-state index is 14.5. The van der Waals surface area contributed by atoms with E-state index in [0.29, 0.717) is 63.0 Å². The predicted octanol–water partition coefficient (Wildman–Crippen LogP) is 4.87. The molecule has 0 aliphatic carbocycles. The number of benzene rings is 1. The van der Waals surface area contributed by atoms with E-state index >= 15 is 0 Å². The first-order valence-corrected chi connectivity index (χ1v) is 21.7. The number of amides is 4. The molecular weight excluding hydrogens is 747 g/mol. The van der Waals surface area contributed by atoms with Crippen LogP contribution in [0.5, 0.6) is 5.75 Å². The lowest BCUT2D eigenvalue weighted by molar-refractivity contribution is -0.166. The SMILES string of the molecule is CC[C@H](C)[C@@H]1C(=O)N2CCC[C@@H]2C(=O)O[C@@H](C(C)(C)C)C[C@@H](C)C[C@H](O)CC2=N[C@H](CCC(=O)N[C@H](Cc3ccc(OC)cc3)C(=O)N(C)[C@H](C)C(=O)N1C)CS2. The van der Waals surface area contributed by atoms with Gasteiger partial charge < -0.3 is 34.6 Å². The topological polar surface area (TPSA) is 158 Å². The van der Waals surface area contributed by atoms with Gasteiger partial charge in [-0.05, 0) is 74.0 Å². The number of cyclic esters (lactones) is 1. The Morgan fingerprint density at radius 2 is 1.68 bits per heavy atom. The van der Waals surface area contributed by atoms with Crippen molar-refractivity contribution in [3.8, 4) is 5.75 Å². The lowest BCUT2D eigenvalue weighted by atomic mass is 9.82. The Kier molecular flexibility index (Phi) is 16.4. The first-order valence-electron chi connectivity index (χ1n) is 20.7. The number of nitrogens with zero attached hydrogens (tertiary/aromatic N) is 4. The summed E-state index contributed by atoms with van der Waals surface area (Å²) in [6.45, 7) is 14.0. The molecule has 1 aromatic rings. The molecule has 57 heavy (non-hydrogen) atoms. The molecular formula is C43H67N5O8S. The average Bonchev–Trinajstić information content (AvgIpc) is 3.85. The standard InChI is InChI=1S/C43H67N5O8S/c1-11-27(3)38-41(53)48-20-12-13-34(48)42(54)56-35(43(5,6)7)22-26(2)21-31(49)24-37-44-30(25-57-37)16-19-36(50)45-33(23-29-14-17-32(55-10)18-15-29)40(52)46(8)28(4)39(51)47(38)9/h14-15,17-18,26-28,30-31,33-35,38,49H,11-13,16,19-25H2,1-10H3,(H,45,50)/t26-,27-,28+,30+,31-,33+,34+,35+,38+/m0/s1. The largest absolute Gasteiger partial charge is 0.497 e. The van der Waals surface area contributed by atoms with Gasteiger partial charge in [-0.25, -0.2) is 4.79 Å². The van der Waals surface area contributed by atoms with Gasteiger partial charge in [-0.3, -0.25) is 24.2 Å². The van der Waals surface area contributed by atoms with Crippen LogP contribution >= 0.6 is 11.8 Å². The lowest BCUT2D eigenvalue weighted by Gasteiger charge is -2.39. The Morgan fingerprint density at radius 3 is 2.32 bits per heavy atom. The van der Waals surface area contributed by atoms with Gasteiger partial charge in [-0.1, -0.05) is 60.1 Å². The van der Waals surface area contributed by atoms with E-state index in [1.165, 1.54) is 16.8 Å². The summed E-state index contributed by atoms with van der Waals surface area (Å²) in [5.74, 6) is -0.817. The number of hydrogen-bond donors (Lipinski definition) is 2. The molecule has 318 valence electrons. The maximum Gasteiger partial charge on any atom is 0.329 e. The first-order chi connectivity index (χ1) is 26.8. The molecule has 2 N–H and O–H groups in total. The molecule has 4 amide bonds. The van der Waals surface area contributed by atoms with E-state index in [1.54, 1.807) is 49.9 Å². The van der Waals surface area contributed by atoms with Gasteiger partial charge in [0.1, 0.15) is 36.0 Å². The van der Waals surface area contributed by atoms with Gasteiger partial charge in [0.2, 0.25) is 23.6 Å². The van der Waals surface area contributed by atoms with Gasteiger partial charge in [0, 0.05) is 45.7 Å². The molecule has 0 saturated carbocycles. The van der Waals surface area contributed by atoms with Crippen LogP contribution in [0.2, 0.25) is 0 Å². The normalized spacial score (nSPS) is 30.2. The van der Waals surface area contributed by atoms with Crippen LogP contribution in [0.4, 0.5) is 0 Å². The minimum atomic E-state index is -0.973. The number of aliphatic imine (C=N–C) groups is 1. The highest BCUT2D eigenvalue weighted by atomic mass is 32.2. The highest BCUT2D eigenvalue weighted by molar-refractivity contribution is 8.14. The summed E-state index contributed by atoms with van der Waals surface area (Å²) in [4.78, 5) is 79.7. The zero-order valence-corrected chi connectivity index (χ0v) is 36.6. The molecule has 0 aromatic heterocycles. The molecule has 0 unspecified atom stereocenters. The minimum Gasteiger partial charge on any atom is -0.497 e. The fourth-order valence-corrected chi connectivity index (χ4v) is 9.15. The second-order valence-corrected chi connectivity index (χ2v) is 18.6. The fraction of sp³-hybridized carbons (Fsp3) is 0.721. The third-order valence-electron chi connectivity index (χ3n) is 11.9. The second-order valence-electron chi connectivity index (χ2n) is 17.5. The second kappa shape index (κ2) is 20.4. The molecule has 4 rings (SSSR count). The van der Waals surface area contributed by atoms with Gasteiger partial charge in [0.05, 0.1) is 24.3 Å².